The van der Waals surface area contributed by atoms with Gasteiger partial charge in [-0.05, 0) is 124 Å². The second-order valence-corrected chi connectivity index (χ2v) is 16.5. The molecule has 2 aromatic heterocycles. The van der Waals surface area contributed by atoms with Gasteiger partial charge in [-0.1, -0.05) is 164 Å². The molecule has 0 aliphatic heterocycles. The zero-order valence-electron chi connectivity index (χ0n) is 40.1. The summed E-state index contributed by atoms with van der Waals surface area (Å²) < 4.78 is 48.6. The van der Waals surface area contributed by atoms with E-state index < -0.39 is 6.04 Å². The highest BCUT2D eigenvalue weighted by Crippen LogP contribution is 2.41. The van der Waals surface area contributed by atoms with Crippen LogP contribution in [0.5, 0.6) is 0 Å². The molecule has 0 bridgehead atoms. The van der Waals surface area contributed by atoms with E-state index in [9.17, 15) is 0 Å². The highest BCUT2D eigenvalue weighted by atomic mass is 15.1. The second-order valence-electron chi connectivity index (χ2n) is 16.5. The average molecular weight is 825 g/mol. The van der Waals surface area contributed by atoms with Crippen molar-refractivity contribution in [3.05, 3.63) is 253 Å². The normalized spacial score (nSPS) is 12.7. The standard InChI is InChI=1S/C61H45N3/c1-4-18-45(19-5-1)52-28-16-21-46-33-37-59-61(60(46)52)54-27-13-15-30-57(54)64(59)50-34-31-43(32-35-50)41-47-20-11-10-17-44(47)39-40-62(48-22-6-2-7-23-48)51-36-38-58-55(42-51)53-26-12-14-29-56(53)63(58)49-24-8-3-9-25-49/h1-38,42H,39-41H2/i2D,6D,7D,22D,23D. The molecule has 0 spiro atoms. The number of anilines is 2. The molecule has 2 heterocycles. The number of para-hydroxylation sites is 4. The molecule has 0 aliphatic carbocycles. The summed E-state index contributed by atoms with van der Waals surface area (Å²) >= 11 is 0. The zero-order valence-corrected chi connectivity index (χ0v) is 35.1. The largest absolute Gasteiger partial charge is 0.341 e. The van der Waals surface area contributed by atoms with Crippen LogP contribution in [0.2, 0.25) is 0 Å². The van der Waals surface area contributed by atoms with Gasteiger partial charge < -0.3 is 14.0 Å². The van der Waals surface area contributed by atoms with E-state index in [1.54, 1.807) is 0 Å². The van der Waals surface area contributed by atoms with Crippen molar-refractivity contribution >= 4 is 65.8 Å². The lowest BCUT2D eigenvalue weighted by Gasteiger charge is -2.26. The van der Waals surface area contributed by atoms with Gasteiger partial charge >= 0.3 is 0 Å². The van der Waals surface area contributed by atoms with Crippen molar-refractivity contribution in [2.24, 2.45) is 0 Å². The van der Waals surface area contributed by atoms with Gasteiger partial charge in [-0.3, -0.25) is 0 Å². The molecule has 0 atom stereocenters. The minimum atomic E-state index is -0.407. The Morgan fingerprint density at radius 1 is 0.422 bits per heavy atom. The fraction of sp³-hybridized carbons (Fsp3) is 0.0492. The summed E-state index contributed by atoms with van der Waals surface area (Å²) in [7, 11) is 0. The van der Waals surface area contributed by atoms with Crippen molar-refractivity contribution in [3.8, 4) is 22.5 Å². The first-order valence-electron chi connectivity index (χ1n) is 24.4. The molecule has 64 heavy (non-hydrogen) atoms. The lowest BCUT2D eigenvalue weighted by molar-refractivity contribution is 0.901. The molecule has 12 aromatic rings. The predicted octanol–water partition coefficient (Wildman–Crippen LogP) is 15.7. The van der Waals surface area contributed by atoms with Crippen LogP contribution in [0.4, 0.5) is 11.4 Å². The van der Waals surface area contributed by atoms with Gasteiger partial charge in [-0.15, -0.1) is 0 Å². The minimum absolute atomic E-state index is 0.162. The number of hydrogen-bond acceptors (Lipinski definition) is 1. The Labute approximate surface area is 380 Å². The van der Waals surface area contributed by atoms with Gasteiger partial charge in [-0.25, -0.2) is 0 Å². The van der Waals surface area contributed by atoms with E-state index >= 15 is 0 Å². The van der Waals surface area contributed by atoms with Gasteiger partial charge in [0.1, 0.15) is 0 Å². The number of nitrogens with zero attached hydrogens (tertiary/aromatic N) is 3. The summed E-state index contributed by atoms with van der Waals surface area (Å²) in [4.78, 5) is 1.91. The van der Waals surface area contributed by atoms with Crippen LogP contribution >= 0.6 is 0 Å². The Bertz CT molecular complexity index is 3910. The van der Waals surface area contributed by atoms with E-state index in [4.69, 9.17) is 6.85 Å². The molecule has 3 heteroatoms. The van der Waals surface area contributed by atoms with E-state index in [1.807, 2.05) is 41.3 Å². The number of hydrogen-bond donors (Lipinski definition) is 0. The van der Waals surface area contributed by atoms with Crippen LogP contribution in [0.1, 0.15) is 23.5 Å². The summed E-state index contributed by atoms with van der Waals surface area (Å²) in [5, 5.41) is 7.02. The zero-order chi connectivity index (χ0) is 46.8. The van der Waals surface area contributed by atoms with Crippen LogP contribution in [0.15, 0.2) is 236 Å². The Kier molecular flexibility index (Phi) is 8.12. The van der Waals surface area contributed by atoms with Gasteiger partial charge in [-0.2, -0.15) is 0 Å². The monoisotopic (exact) mass is 824 g/mol. The van der Waals surface area contributed by atoms with Gasteiger partial charge in [0.05, 0.1) is 28.9 Å². The molecule has 0 radical (unpaired) electrons. The SMILES string of the molecule is [2H]c1c([2H])c([2H])c(N(CCc2ccccc2Cc2ccc(-n3c4ccccc4c4c5c(-c6ccccc6)cccc5ccc43)cc2)c2ccc3c(c2)c2ccccc2n3-c2ccccc2)c([2H])c1[2H]. The second kappa shape index (κ2) is 16.0. The third-order valence-corrected chi connectivity index (χ3v) is 12.8. The lowest BCUT2D eigenvalue weighted by Crippen LogP contribution is -2.20. The Morgan fingerprint density at radius 3 is 1.84 bits per heavy atom. The van der Waals surface area contributed by atoms with Crippen LogP contribution in [-0.4, -0.2) is 15.7 Å². The van der Waals surface area contributed by atoms with E-state index in [1.165, 1.54) is 43.8 Å². The van der Waals surface area contributed by atoms with Gasteiger partial charge in [0.15, 0.2) is 0 Å². The first-order chi connectivity index (χ1) is 33.8. The van der Waals surface area contributed by atoms with E-state index in [0.717, 1.165) is 55.5 Å². The maximum absolute atomic E-state index is 9.12. The van der Waals surface area contributed by atoms with Gasteiger partial charge in [0.2, 0.25) is 0 Å². The highest BCUT2D eigenvalue weighted by Gasteiger charge is 2.19. The molecule has 304 valence electrons. The molecule has 10 aromatic carbocycles. The van der Waals surface area contributed by atoms with Crippen molar-refractivity contribution in [3.63, 3.8) is 0 Å². The number of rotatable bonds is 10. The number of fused-ring (bicyclic) bond motifs is 8. The van der Waals surface area contributed by atoms with E-state index in [0.29, 0.717) is 19.4 Å². The van der Waals surface area contributed by atoms with Crippen LogP contribution in [0.3, 0.4) is 0 Å². The molecule has 0 amide bonds. The maximum Gasteiger partial charge on any atom is 0.0645 e. The average Bonchev–Trinajstić information content (AvgIpc) is 3.92. The molecular weight excluding hydrogens is 775 g/mol. The molecule has 0 N–H and O–H groups in total. The summed E-state index contributed by atoms with van der Waals surface area (Å²) in [6.45, 7) is 0.376. The fourth-order valence-corrected chi connectivity index (χ4v) is 9.89. The van der Waals surface area contributed by atoms with Crippen molar-refractivity contribution in [1.82, 2.24) is 9.13 Å². The Morgan fingerprint density at radius 2 is 1.05 bits per heavy atom. The molecule has 0 unspecified atom stereocenters. The third kappa shape index (κ3) is 6.53. The van der Waals surface area contributed by atoms with Crippen molar-refractivity contribution < 1.29 is 6.85 Å². The molecule has 0 aliphatic rings. The molecule has 3 nitrogen and oxygen atoms in total. The van der Waals surface area contributed by atoms with Crippen LogP contribution in [0, 0.1) is 0 Å². The van der Waals surface area contributed by atoms with E-state index in [-0.39, 0.29) is 29.9 Å². The molecule has 0 fully saturated rings. The summed E-state index contributed by atoms with van der Waals surface area (Å²) in [5.74, 6) is 0. The van der Waals surface area contributed by atoms with Crippen molar-refractivity contribution in [1.29, 1.82) is 0 Å². The number of benzene rings is 10. The number of aromatic nitrogens is 2. The van der Waals surface area contributed by atoms with Crippen LogP contribution in [0.25, 0.3) is 76.9 Å². The Hall–Kier alpha value is -8.14. The highest BCUT2D eigenvalue weighted by molar-refractivity contribution is 6.25. The minimum Gasteiger partial charge on any atom is -0.341 e. The summed E-state index contributed by atoms with van der Waals surface area (Å²) in [5.41, 5.74) is 13.3. The fourth-order valence-electron chi connectivity index (χ4n) is 9.89. The van der Waals surface area contributed by atoms with Crippen molar-refractivity contribution in [2.75, 3.05) is 11.4 Å². The maximum atomic E-state index is 9.12. The van der Waals surface area contributed by atoms with Crippen molar-refractivity contribution in [2.45, 2.75) is 12.8 Å². The third-order valence-electron chi connectivity index (χ3n) is 12.8. The summed E-state index contributed by atoms with van der Waals surface area (Å²) in [6, 6.07) is 71.0. The quantitative estimate of drug-likeness (QED) is 0.134. The first kappa shape index (κ1) is 32.6. The van der Waals surface area contributed by atoms with E-state index in [2.05, 4.69) is 179 Å². The topological polar surface area (TPSA) is 13.1 Å². The first-order valence-corrected chi connectivity index (χ1v) is 21.9. The molecule has 0 saturated heterocycles. The molecule has 0 saturated carbocycles. The molecule has 12 rings (SSSR count). The van der Waals surface area contributed by atoms with Crippen LogP contribution in [-0.2, 0) is 12.8 Å². The van der Waals surface area contributed by atoms with Gasteiger partial charge in [0, 0.05) is 50.8 Å². The predicted molar refractivity (Wildman–Crippen MR) is 271 cm³/mol. The lowest BCUT2D eigenvalue weighted by atomic mass is 9.94. The Balaban J connectivity index is 0.900. The van der Waals surface area contributed by atoms with Gasteiger partial charge in [0.25, 0.3) is 0 Å². The molecular formula is C61H45N3. The summed E-state index contributed by atoms with van der Waals surface area (Å²) in [6.07, 6.45) is 1.27. The smallest absolute Gasteiger partial charge is 0.0645 e. The van der Waals surface area contributed by atoms with Crippen LogP contribution < -0.4 is 4.90 Å².